The zero-order valence-electron chi connectivity index (χ0n) is 14.9. The summed E-state index contributed by atoms with van der Waals surface area (Å²) in [5.74, 6) is 1.49. The highest BCUT2D eigenvalue weighted by molar-refractivity contribution is 7.21. The first-order chi connectivity index (χ1) is 13.7. The van der Waals surface area contributed by atoms with Crippen molar-refractivity contribution >= 4 is 44.7 Å². The minimum absolute atomic E-state index is 0.332. The van der Waals surface area contributed by atoms with Crippen LogP contribution >= 0.6 is 11.3 Å². The maximum Gasteiger partial charge on any atom is 0.350 e. The largest absolute Gasteiger partial charge is 0.465 e. The van der Waals surface area contributed by atoms with Crippen molar-refractivity contribution in [3.05, 3.63) is 65.8 Å². The standard InChI is InChI=1S/C20H16N4O3S/c1-26-20(25)18-17(21)16-14(9-10-22-19(16)28-18)24-15-8-7-13(11-23-15)27-12-5-3-2-4-6-12/h2-11H,21H2,1H3,(H,22,23,24). The number of nitrogen functional groups attached to an aromatic ring is 1. The van der Waals surface area contributed by atoms with E-state index in [1.165, 1.54) is 18.4 Å². The van der Waals surface area contributed by atoms with E-state index in [1.54, 1.807) is 24.5 Å². The summed E-state index contributed by atoms with van der Waals surface area (Å²) in [6.45, 7) is 0. The molecular weight excluding hydrogens is 376 g/mol. The van der Waals surface area contributed by atoms with Crippen molar-refractivity contribution in [3.63, 3.8) is 0 Å². The number of anilines is 3. The van der Waals surface area contributed by atoms with Crippen LogP contribution in [0.25, 0.3) is 10.2 Å². The molecule has 0 radical (unpaired) electrons. The molecule has 140 valence electrons. The van der Waals surface area contributed by atoms with Crippen LogP contribution in [0.5, 0.6) is 11.5 Å². The molecule has 0 spiro atoms. The number of ether oxygens (including phenoxy) is 2. The van der Waals surface area contributed by atoms with Gasteiger partial charge in [0, 0.05) is 6.20 Å². The summed E-state index contributed by atoms with van der Waals surface area (Å²) in [7, 11) is 1.32. The van der Waals surface area contributed by atoms with Crippen molar-refractivity contribution in [2.75, 3.05) is 18.2 Å². The number of aromatic nitrogens is 2. The van der Waals surface area contributed by atoms with Gasteiger partial charge in [0.05, 0.1) is 30.1 Å². The van der Waals surface area contributed by atoms with Gasteiger partial charge in [0.1, 0.15) is 27.0 Å². The summed E-state index contributed by atoms with van der Waals surface area (Å²) in [6.07, 6.45) is 3.28. The van der Waals surface area contributed by atoms with E-state index in [9.17, 15) is 4.79 Å². The summed E-state index contributed by atoms with van der Waals surface area (Å²) in [5, 5.41) is 3.88. The number of rotatable bonds is 5. The van der Waals surface area contributed by atoms with Gasteiger partial charge in [-0.3, -0.25) is 0 Å². The molecule has 0 aliphatic heterocycles. The topological polar surface area (TPSA) is 99.4 Å². The number of nitrogens with one attached hydrogen (secondary N) is 1. The number of thiophene rings is 1. The fourth-order valence-electron chi connectivity index (χ4n) is 2.67. The molecule has 8 heteroatoms. The highest BCUT2D eigenvalue weighted by atomic mass is 32.1. The van der Waals surface area contributed by atoms with E-state index in [0.717, 1.165) is 5.75 Å². The predicted octanol–water partition coefficient (Wildman–Crippen LogP) is 4.60. The van der Waals surface area contributed by atoms with E-state index >= 15 is 0 Å². The fourth-order valence-corrected chi connectivity index (χ4v) is 3.68. The Hall–Kier alpha value is -3.65. The van der Waals surface area contributed by atoms with E-state index < -0.39 is 5.97 Å². The van der Waals surface area contributed by atoms with Crippen molar-refractivity contribution in [2.24, 2.45) is 0 Å². The minimum Gasteiger partial charge on any atom is -0.465 e. The van der Waals surface area contributed by atoms with E-state index in [1.807, 2.05) is 36.4 Å². The number of carbonyl (C=O) groups is 1. The van der Waals surface area contributed by atoms with Gasteiger partial charge in [-0.1, -0.05) is 18.2 Å². The molecule has 0 aliphatic rings. The number of hydrogen-bond donors (Lipinski definition) is 2. The van der Waals surface area contributed by atoms with Gasteiger partial charge < -0.3 is 20.5 Å². The molecule has 0 amide bonds. The maximum absolute atomic E-state index is 11.9. The number of methoxy groups -OCH3 is 1. The van der Waals surface area contributed by atoms with Crippen LogP contribution in [-0.2, 0) is 4.74 Å². The van der Waals surface area contributed by atoms with Gasteiger partial charge in [0.2, 0.25) is 0 Å². The number of benzene rings is 1. The van der Waals surface area contributed by atoms with Crippen LogP contribution in [0.2, 0.25) is 0 Å². The molecule has 28 heavy (non-hydrogen) atoms. The quantitative estimate of drug-likeness (QED) is 0.479. The Morgan fingerprint density at radius 2 is 1.89 bits per heavy atom. The molecule has 3 N–H and O–H groups in total. The zero-order valence-corrected chi connectivity index (χ0v) is 15.7. The molecule has 7 nitrogen and oxygen atoms in total. The molecule has 3 aromatic heterocycles. The molecule has 3 heterocycles. The molecule has 0 aliphatic carbocycles. The third kappa shape index (κ3) is 3.45. The van der Waals surface area contributed by atoms with E-state index in [2.05, 4.69) is 15.3 Å². The first kappa shape index (κ1) is 17.7. The number of nitrogens with two attached hydrogens (primary N) is 1. The van der Waals surface area contributed by atoms with E-state index in [4.69, 9.17) is 15.2 Å². The van der Waals surface area contributed by atoms with Crippen LogP contribution < -0.4 is 15.8 Å². The molecule has 0 bridgehead atoms. The highest BCUT2D eigenvalue weighted by Gasteiger charge is 2.20. The summed E-state index contributed by atoms with van der Waals surface area (Å²) in [6, 6.07) is 14.9. The average Bonchev–Trinajstić information content (AvgIpc) is 3.07. The molecule has 0 fully saturated rings. The van der Waals surface area contributed by atoms with Crippen LogP contribution in [0.3, 0.4) is 0 Å². The molecule has 0 saturated heterocycles. The summed E-state index contributed by atoms with van der Waals surface area (Å²) >= 11 is 1.19. The number of pyridine rings is 2. The summed E-state index contributed by atoms with van der Waals surface area (Å²) < 4.78 is 10.5. The van der Waals surface area contributed by atoms with Crippen LogP contribution in [0.4, 0.5) is 17.2 Å². The molecule has 0 saturated carbocycles. The maximum atomic E-state index is 11.9. The lowest BCUT2D eigenvalue weighted by molar-refractivity contribution is 0.0607. The van der Waals surface area contributed by atoms with Crippen molar-refractivity contribution in [1.82, 2.24) is 9.97 Å². The normalized spacial score (nSPS) is 10.6. The van der Waals surface area contributed by atoms with Gasteiger partial charge in [0.15, 0.2) is 0 Å². The lowest BCUT2D eigenvalue weighted by Crippen LogP contribution is -2.02. The number of hydrogen-bond acceptors (Lipinski definition) is 8. The smallest absolute Gasteiger partial charge is 0.350 e. The molecule has 1 aromatic carbocycles. The second kappa shape index (κ2) is 7.53. The second-order valence-corrected chi connectivity index (χ2v) is 6.79. The average molecular weight is 392 g/mol. The SMILES string of the molecule is COC(=O)c1sc2nccc(Nc3ccc(Oc4ccccc4)cn3)c2c1N. The molecular formula is C20H16N4O3S. The first-order valence-electron chi connectivity index (χ1n) is 8.37. The Bertz CT molecular complexity index is 1130. The number of carbonyl (C=O) groups excluding carboxylic acids is 1. The zero-order chi connectivity index (χ0) is 19.5. The van der Waals surface area contributed by atoms with Crippen molar-refractivity contribution in [2.45, 2.75) is 0 Å². The number of para-hydroxylation sites is 1. The lowest BCUT2D eigenvalue weighted by Gasteiger charge is -2.09. The van der Waals surface area contributed by atoms with Crippen LogP contribution in [0.1, 0.15) is 9.67 Å². The van der Waals surface area contributed by atoms with Crippen molar-refractivity contribution in [1.29, 1.82) is 0 Å². The fraction of sp³-hybridized carbons (Fsp3) is 0.0500. The highest BCUT2D eigenvalue weighted by Crippen LogP contribution is 2.38. The minimum atomic E-state index is -0.480. The Labute approximate surface area is 164 Å². The summed E-state index contributed by atoms with van der Waals surface area (Å²) in [5.41, 5.74) is 7.22. The monoisotopic (exact) mass is 392 g/mol. The van der Waals surface area contributed by atoms with Gasteiger partial charge in [-0.05, 0) is 30.3 Å². The Kier molecular flexibility index (Phi) is 4.77. The lowest BCUT2D eigenvalue weighted by atomic mass is 10.2. The van der Waals surface area contributed by atoms with Crippen LogP contribution in [0, 0.1) is 0 Å². The Morgan fingerprint density at radius 3 is 2.61 bits per heavy atom. The first-order valence-corrected chi connectivity index (χ1v) is 9.18. The number of fused-ring (bicyclic) bond motifs is 1. The van der Waals surface area contributed by atoms with Gasteiger partial charge in [0.25, 0.3) is 0 Å². The number of esters is 1. The molecule has 4 rings (SSSR count). The van der Waals surface area contributed by atoms with Crippen molar-refractivity contribution < 1.29 is 14.3 Å². The second-order valence-electron chi connectivity index (χ2n) is 5.79. The van der Waals surface area contributed by atoms with E-state index in [0.29, 0.717) is 38.0 Å². The third-order valence-electron chi connectivity index (χ3n) is 3.98. The van der Waals surface area contributed by atoms with E-state index in [-0.39, 0.29) is 0 Å². The van der Waals surface area contributed by atoms with Gasteiger partial charge in [-0.25, -0.2) is 14.8 Å². The third-order valence-corrected chi connectivity index (χ3v) is 5.07. The van der Waals surface area contributed by atoms with Gasteiger partial charge in [-0.2, -0.15) is 0 Å². The Morgan fingerprint density at radius 1 is 1.07 bits per heavy atom. The van der Waals surface area contributed by atoms with Crippen molar-refractivity contribution in [3.8, 4) is 11.5 Å². The van der Waals surface area contributed by atoms with Crippen LogP contribution in [0.15, 0.2) is 60.9 Å². The van der Waals surface area contributed by atoms with Gasteiger partial charge >= 0.3 is 5.97 Å². The molecule has 4 aromatic rings. The molecule has 0 unspecified atom stereocenters. The summed E-state index contributed by atoms with van der Waals surface area (Å²) in [4.78, 5) is 21.5. The van der Waals surface area contributed by atoms with Crippen LogP contribution in [-0.4, -0.2) is 23.0 Å². The van der Waals surface area contributed by atoms with Gasteiger partial charge in [-0.15, -0.1) is 11.3 Å². The Balaban J connectivity index is 1.60. The molecule has 0 atom stereocenters. The number of nitrogens with zero attached hydrogens (tertiary/aromatic N) is 2. The predicted molar refractivity (Wildman–Crippen MR) is 109 cm³/mol.